The largest absolute Gasteiger partial charge is 0.335 e. The fourth-order valence-corrected chi connectivity index (χ4v) is 3.54. The lowest BCUT2D eigenvalue weighted by molar-refractivity contribution is 0.0556. The molecule has 1 amide bonds. The van der Waals surface area contributed by atoms with Crippen LogP contribution in [0.4, 0.5) is 0 Å². The lowest BCUT2D eigenvalue weighted by atomic mass is 9.92. The zero-order chi connectivity index (χ0) is 11.7. The lowest BCUT2D eigenvalue weighted by Crippen LogP contribution is -2.45. The fraction of sp³-hybridized carbons (Fsp3) is 0.583. The summed E-state index contributed by atoms with van der Waals surface area (Å²) < 4.78 is 1.02. The van der Waals surface area contributed by atoms with Gasteiger partial charge < -0.3 is 4.90 Å². The molecule has 0 spiro atoms. The van der Waals surface area contributed by atoms with Gasteiger partial charge in [0, 0.05) is 12.6 Å². The van der Waals surface area contributed by atoms with Gasteiger partial charge in [-0.25, -0.2) is 0 Å². The SMILES string of the molecule is CC1CCCN(C(=O)c2ccc(Br)s2)C1C. The maximum Gasteiger partial charge on any atom is 0.264 e. The van der Waals surface area contributed by atoms with Gasteiger partial charge in [-0.2, -0.15) is 0 Å². The van der Waals surface area contributed by atoms with Crippen molar-refractivity contribution in [2.45, 2.75) is 32.7 Å². The number of piperidine rings is 1. The Balaban J connectivity index is 2.15. The molecule has 16 heavy (non-hydrogen) atoms. The summed E-state index contributed by atoms with van der Waals surface area (Å²) in [5, 5.41) is 0. The van der Waals surface area contributed by atoms with E-state index in [0.717, 1.165) is 21.6 Å². The minimum atomic E-state index is 0.190. The predicted molar refractivity (Wildman–Crippen MR) is 70.9 cm³/mol. The van der Waals surface area contributed by atoms with E-state index in [1.54, 1.807) is 0 Å². The van der Waals surface area contributed by atoms with Gasteiger partial charge in [-0.3, -0.25) is 4.79 Å². The molecule has 1 aliphatic rings. The second-order valence-corrected chi connectivity index (χ2v) is 6.93. The zero-order valence-corrected chi connectivity index (χ0v) is 12.0. The van der Waals surface area contributed by atoms with Crippen LogP contribution in [0.1, 0.15) is 36.4 Å². The van der Waals surface area contributed by atoms with Crippen molar-refractivity contribution in [1.82, 2.24) is 4.90 Å². The second-order valence-electron chi connectivity index (χ2n) is 4.46. The first kappa shape index (κ1) is 12.1. The Bertz CT molecular complexity index is 390. The van der Waals surface area contributed by atoms with Crippen molar-refractivity contribution in [2.24, 2.45) is 5.92 Å². The van der Waals surface area contributed by atoms with Crippen LogP contribution in [0.5, 0.6) is 0 Å². The molecule has 2 atom stereocenters. The summed E-state index contributed by atoms with van der Waals surface area (Å²) in [7, 11) is 0. The molecule has 1 aliphatic heterocycles. The first-order chi connectivity index (χ1) is 7.59. The molecular weight excluding hydrogens is 286 g/mol. The van der Waals surface area contributed by atoms with E-state index < -0.39 is 0 Å². The molecule has 2 unspecified atom stereocenters. The first-order valence-corrected chi connectivity index (χ1v) is 7.27. The van der Waals surface area contributed by atoms with Gasteiger partial charge in [-0.15, -0.1) is 11.3 Å². The van der Waals surface area contributed by atoms with Crippen LogP contribution in [-0.4, -0.2) is 23.4 Å². The van der Waals surface area contributed by atoms with Crippen molar-refractivity contribution in [1.29, 1.82) is 0 Å². The number of carbonyl (C=O) groups excluding carboxylic acids is 1. The number of likely N-dealkylation sites (tertiary alicyclic amines) is 1. The normalized spacial score (nSPS) is 25.8. The highest BCUT2D eigenvalue weighted by Gasteiger charge is 2.29. The van der Waals surface area contributed by atoms with Gasteiger partial charge in [-0.05, 0) is 53.7 Å². The molecule has 1 aromatic rings. The van der Waals surface area contributed by atoms with Gasteiger partial charge in [0.15, 0.2) is 0 Å². The van der Waals surface area contributed by atoms with Gasteiger partial charge in [0.05, 0.1) is 8.66 Å². The van der Waals surface area contributed by atoms with Gasteiger partial charge in [-0.1, -0.05) is 6.92 Å². The Morgan fingerprint density at radius 2 is 2.25 bits per heavy atom. The van der Waals surface area contributed by atoms with Crippen LogP contribution in [-0.2, 0) is 0 Å². The fourth-order valence-electron chi connectivity index (χ4n) is 2.19. The Morgan fingerprint density at radius 1 is 1.50 bits per heavy atom. The standard InChI is InChI=1S/C12H16BrNOS/c1-8-4-3-7-14(9(8)2)12(15)10-5-6-11(13)16-10/h5-6,8-9H,3-4,7H2,1-2H3. The number of thiophene rings is 1. The number of carbonyl (C=O) groups is 1. The van der Waals surface area contributed by atoms with Gasteiger partial charge in [0.1, 0.15) is 0 Å². The minimum absolute atomic E-state index is 0.190. The van der Waals surface area contributed by atoms with Crippen LogP contribution >= 0.6 is 27.3 Å². The van der Waals surface area contributed by atoms with E-state index in [1.165, 1.54) is 17.8 Å². The lowest BCUT2D eigenvalue weighted by Gasteiger charge is -2.37. The summed E-state index contributed by atoms with van der Waals surface area (Å²) in [5.74, 6) is 0.802. The van der Waals surface area contributed by atoms with Crippen LogP contribution in [0, 0.1) is 5.92 Å². The van der Waals surface area contributed by atoms with Crippen molar-refractivity contribution in [3.63, 3.8) is 0 Å². The van der Waals surface area contributed by atoms with E-state index in [-0.39, 0.29) is 5.91 Å². The third kappa shape index (κ3) is 2.33. The maximum absolute atomic E-state index is 12.3. The van der Waals surface area contributed by atoms with Crippen molar-refractivity contribution in [2.75, 3.05) is 6.54 Å². The molecule has 2 heterocycles. The average Bonchev–Trinajstić information content (AvgIpc) is 2.68. The number of amides is 1. The molecule has 0 saturated carbocycles. The Morgan fingerprint density at radius 3 is 2.88 bits per heavy atom. The quantitative estimate of drug-likeness (QED) is 0.773. The molecule has 0 radical (unpaired) electrons. The average molecular weight is 302 g/mol. The van der Waals surface area contributed by atoms with Crippen LogP contribution < -0.4 is 0 Å². The van der Waals surface area contributed by atoms with Crippen LogP contribution in [0.2, 0.25) is 0 Å². The zero-order valence-electron chi connectivity index (χ0n) is 9.57. The van der Waals surface area contributed by atoms with Crippen molar-refractivity contribution >= 4 is 33.2 Å². The maximum atomic E-state index is 12.3. The Kier molecular flexibility index (Phi) is 3.70. The summed E-state index contributed by atoms with van der Waals surface area (Å²) >= 11 is 4.92. The molecule has 1 fully saturated rings. The Hall–Kier alpha value is -0.350. The summed E-state index contributed by atoms with van der Waals surface area (Å²) in [4.78, 5) is 15.1. The monoisotopic (exact) mass is 301 g/mol. The van der Waals surface area contributed by atoms with Gasteiger partial charge in [0.2, 0.25) is 0 Å². The third-order valence-corrected chi connectivity index (χ3v) is 5.03. The van der Waals surface area contributed by atoms with Crippen LogP contribution in [0.3, 0.4) is 0 Å². The predicted octanol–water partition coefficient (Wildman–Crippen LogP) is 3.77. The first-order valence-electron chi connectivity index (χ1n) is 5.66. The number of nitrogens with zero attached hydrogens (tertiary/aromatic N) is 1. The molecule has 2 nitrogen and oxygen atoms in total. The van der Waals surface area contributed by atoms with E-state index >= 15 is 0 Å². The minimum Gasteiger partial charge on any atom is -0.335 e. The summed E-state index contributed by atoms with van der Waals surface area (Å²) in [6.45, 7) is 5.29. The van der Waals surface area contributed by atoms with E-state index in [0.29, 0.717) is 12.0 Å². The highest BCUT2D eigenvalue weighted by atomic mass is 79.9. The smallest absolute Gasteiger partial charge is 0.264 e. The molecule has 88 valence electrons. The molecule has 1 saturated heterocycles. The topological polar surface area (TPSA) is 20.3 Å². The number of rotatable bonds is 1. The van der Waals surface area contributed by atoms with Crippen LogP contribution in [0.15, 0.2) is 15.9 Å². The Labute approximate surface area is 109 Å². The second kappa shape index (κ2) is 4.88. The number of hydrogen-bond acceptors (Lipinski definition) is 2. The van der Waals surface area contributed by atoms with E-state index in [1.807, 2.05) is 17.0 Å². The molecule has 4 heteroatoms. The highest BCUT2D eigenvalue weighted by Crippen LogP contribution is 2.28. The molecular formula is C12H16BrNOS. The van der Waals surface area contributed by atoms with E-state index in [2.05, 4.69) is 29.8 Å². The summed E-state index contributed by atoms with van der Waals surface area (Å²) in [6, 6.07) is 4.21. The highest BCUT2D eigenvalue weighted by molar-refractivity contribution is 9.11. The number of halogens is 1. The van der Waals surface area contributed by atoms with E-state index in [4.69, 9.17) is 0 Å². The van der Waals surface area contributed by atoms with Gasteiger partial charge >= 0.3 is 0 Å². The summed E-state index contributed by atoms with van der Waals surface area (Å²) in [5.41, 5.74) is 0. The van der Waals surface area contributed by atoms with Crippen LogP contribution in [0.25, 0.3) is 0 Å². The van der Waals surface area contributed by atoms with Crippen molar-refractivity contribution in [3.8, 4) is 0 Å². The molecule has 2 rings (SSSR count). The van der Waals surface area contributed by atoms with Crippen molar-refractivity contribution < 1.29 is 4.79 Å². The van der Waals surface area contributed by atoms with Crippen molar-refractivity contribution in [3.05, 3.63) is 20.8 Å². The number of hydrogen-bond donors (Lipinski definition) is 0. The van der Waals surface area contributed by atoms with E-state index in [9.17, 15) is 4.79 Å². The molecule has 0 bridgehead atoms. The summed E-state index contributed by atoms with van der Waals surface area (Å²) in [6.07, 6.45) is 2.36. The molecule has 0 aromatic carbocycles. The third-order valence-electron chi connectivity index (χ3n) is 3.42. The molecule has 0 N–H and O–H groups in total. The molecule has 0 aliphatic carbocycles. The van der Waals surface area contributed by atoms with Gasteiger partial charge in [0.25, 0.3) is 5.91 Å². The molecule has 1 aromatic heterocycles.